The van der Waals surface area contributed by atoms with Crippen molar-refractivity contribution in [2.24, 2.45) is 5.92 Å². The number of likely N-dealkylation sites (N-methyl/N-ethyl adjacent to an activating group) is 1. The molecule has 156 valence electrons. The van der Waals surface area contributed by atoms with Crippen LogP contribution in [0.5, 0.6) is 0 Å². The summed E-state index contributed by atoms with van der Waals surface area (Å²) in [5.41, 5.74) is 0.0486. The standard InChI is InChI=1S/C19H28N2O6S/c1-14-8-10-16(11-9-14)20(2)18(22)13-27-19(23)15-6-5-7-17(12-15)28(24,25)21(3)26-4/h5-7,12,14,16H,8-11,13H2,1-4H3. The van der Waals surface area contributed by atoms with Gasteiger partial charge in [0.05, 0.1) is 17.6 Å². The van der Waals surface area contributed by atoms with E-state index < -0.39 is 16.0 Å². The molecule has 0 spiro atoms. The monoisotopic (exact) mass is 412 g/mol. The molecule has 1 aromatic rings. The lowest BCUT2D eigenvalue weighted by Gasteiger charge is -2.33. The smallest absolute Gasteiger partial charge is 0.338 e. The van der Waals surface area contributed by atoms with E-state index in [0.29, 0.717) is 10.4 Å². The van der Waals surface area contributed by atoms with Gasteiger partial charge in [0.2, 0.25) is 0 Å². The van der Waals surface area contributed by atoms with E-state index in [0.717, 1.165) is 25.7 Å². The molecule has 2 rings (SSSR count). The van der Waals surface area contributed by atoms with E-state index in [2.05, 4.69) is 6.92 Å². The summed E-state index contributed by atoms with van der Waals surface area (Å²) in [6, 6.07) is 5.59. The van der Waals surface area contributed by atoms with Crippen LogP contribution >= 0.6 is 0 Å². The van der Waals surface area contributed by atoms with Crippen LogP contribution in [0.2, 0.25) is 0 Å². The number of hydroxylamine groups is 1. The average molecular weight is 413 g/mol. The predicted molar refractivity (Wildman–Crippen MR) is 103 cm³/mol. The number of hydrogen-bond donors (Lipinski definition) is 0. The molecule has 0 heterocycles. The first-order chi connectivity index (χ1) is 13.2. The molecule has 1 amide bonds. The van der Waals surface area contributed by atoms with Crippen LogP contribution in [0.15, 0.2) is 29.2 Å². The lowest BCUT2D eigenvalue weighted by Crippen LogP contribution is -2.41. The molecule has 1 aromatic carbocycles. The van der Waals surface area contributed by atoms with Gasteiger partial charge in [0.1, 0.15) is 0 Å². The number of benzene rings is 1. The summed E-state index contributed by atoms with van der Waals surface area (Å²) in [6.45, 7) is 1.83. The number of esters is 1. The summed E-state index contributed by atoms with van der Waals surface area (Å²) in [5.74, 6) is -0.342. The van der Waals surface area contributed by atoms with E-state index in [1.54, 1.807) is 11.9 Å². The van der Waals surface area contributed by atoms with Crippen LogP contribution in [0.25, 0.3) is 0 Å². The lowest BCUT2D eigenvalue weighted by atomic mass is 9.87. The summed E-state index contributed by atoms with van der Waals surface area (Å²) >= 11 is 0. The third-order valence-corrected chi connectivity index (χ3v) is 6.89. The first-order valence-electron chi connectivity index (χ1n) is 9.22. The van der Waals surface area contributed by atoms with Gasteiger partial charge in [-0.2, -0.15) is 0 Å². The van der Waals surface area contributed by atoms with Gasteiger partial charge in [-0.1, -0.05) is 17.5 Å². The van der Waals surface area contributed by atoms with E-state index in [1.807, 2.05) is 0 Å². The van der Waals surface area contributed by atoms with Crippen molar-refractivity contribution in [2.75, 3.05) is 27.8 Å². The molecular weight excluding hydrogens is 384 g/mol. The zero-order chi connectivity index (χ0) is 20.9. The van der Waals surface area contributed by atoms with Crippen molar-refractivity contribution in [1.29, 1.82) is 0 Å². The van der Waals surface area contributed by atoms with Crippen LogP contribution in [0, 0.1) is 5.92 Å². The van der Waals surface area contributed by atoms with Gasteiger partial charge in [-0.25, -0.2) is 13.2 Å². The number of carbonyl (C=O) groups is 2. The Morgan fingerprint density at radius 2 is 1.79 bits per heavy atom. The molecule has 1 saturated carbocycles. The quantitative estimate of drug-likeness (QED) is 0.503. The van der Waals surface area contributed by atoms with E-state index in [1.165, 1.54) is 38.4 Å². The molecule has 1 aliphatic carbocycles. The number of ether oxygens (including phenoxy) is 1. The molecule has 0 unspecified atom stereocenters. The molecule has 0 aliphatic heterocycles. The van der Waals surface area contributed by atoms with E-state index in [9.17, 15) is 18.0 Å². The maximum Gasteiger partial charge on any atom is 0.338 e. The highest BCUT2D eigenvalue weighted by atomic mass is 32.2. The van der Waals surface area contributed by atoms with Gasteiger partial charge in [-0.15, -0.1) is 0 Å². The first-order valence-corrected chi connectivity index (χ1v) is 10.7. The molecule has 28 heavy (non-hydrogen) atoms. The number of sulfonamides is 1. The Labute approximate surface area is 166 Å². The Bertz CT molecular complexity index is 802. The van der Waals surface area contributed by atoms with Gasteiger partial charge in [-0.05, 0) is 49.8 Å². The van der Waals surface area contributed by atoms with Gasteiger partial charge in [0, 0.05) is 20.1 Å². The van der Waals surface area contributed by atoms with Gasteiger partial charge >= 0.3 is 5.97 Å². The minimum absolute atomic E-state index is 0.0486. The average Bonchev–Trinajstić information content (AvgIpc) is 2.71. The third-order valence-electron chi connectivity index (χ3n) is 5.22. The summed E-state index contributed by atoms with van der Waals surface area (Å²) in [6.07, 6.45) is 4.06. The van der Waals surface area contributed by atoms with Gasteiger partial charge in [0.25, 0.3) is 15.9 Å². The highest BCUT2D eigenvalue weighted by Crippen LogP contribution is 2.26. The van der Waals surface area contributed by atoms with E-state index in [4.69, 9.17) is 9.57 Å². The Morgan fingerprint density at radius 3 is 2.39 bits per heavy atom. The van der Waals surface area contributed by atoms with Gasteiger partial charge in [-0.3, -0.25) is 9.63 Å². The predicted octanol–water partition coefficient (Wildman–Crippen LogP) is 2.06. The number of rotatable bonds is 7. The summed E-state index contributed by atoms with van der Waals surface area (Å²) in [4.78, 5) is 30.9. The van der Waals surface area contributed by atoms with Crippen LogP contribution in [-0.2, 0) is 24.4 Å². The van der Waals surface area contributed by atoms with Crippen molar-refractivity contribution in [3.63, 3.8) is 0 Å². The van der Waals surface area contributed by atoms with Crippen LogP contribution in [0.1, 0.15) is 43.0 Å². The fraction of sp³-hybridized carbons (Fsp3) is 0.579. The molecular formula is C19H28N2O6S. The largest absolute Gasteiger partial charge is 0.452 e. The topological polar surface area (TPSA) is 93.2 Å². The van der Waals surface area contributed by atoms with Crippen LogP contribution < -0.4 is 0 Å². The molecule has 1 aliphatic rings. The second-order valence-corrected chi connectivity index (χ2v) is 9.06. The highest BCUT2D eigenvalue weighted by molar-refractivity contribution is 7.89. The number of nitrogens with zero attached hydrogens (tertiary/aromatic N) is 2. The molecule has 0 radical (unpaired) electrons. The Hall–Kier alpha value is -1.97. The number of hydrogen-bond acceptors (Lipinski definition) is 6. The molecule has 0 aromatic heterocycles. The highest BCUT2D eigenvalue weighted by Gasteiger charge is 2.26. The van der Waals surface area contributed by atoms with Crippen LogP contribution in [0.3, 0.4) is 0 Å². The normalized spacial score (nSPS) is 20.0. The fourth-order valence-corrected chi connectivity index (χ4v) is 4.20. The van der Waals surface area contributed by atoms with Crippen molar-refractivity contribution in [3.05, 3.63) is 29.8 Å². The van der Waals surface area contributed by atoms with Crippen molar-refractivity contribution < 1.29 is 27.6 Å². The maximum atomic E-state index is 12.3. The first kappa shape index (κ1) is 22.3. The van der Waals surface area contributed by atoms with Crippen LogP contribution in [-0.4, -0.2) is 63.5 Å². The zero-order valence-electron chi connectivity index (χ0n) is 16.8. The van der Waals surface area contributed by atoms with E-state index >= 15 is 0 Å². The molecule has 0 saturated heterocycles. The number of amides is 1. The Morgan fingerprint density at radius 1 is 1.14 bits per heavy atom. The van der Waals surface area contributed by atoms with Crippen molar-refractivity contribution >= 4 is 21.9 Å². The van der Waals surface area contributed by atoms with Crippen molar-refractivity contribution in [2.45, 2.75) is 43.5 Å². The molecule has 8 nitrogen and oxygen atoms in total. The SMILES string of the molecule is CON(C)S(=O)(=O)c1cccc(C(=O)OCC(=O)N(C)C2CCC(C)CC2)c1. The molecule has 0 atom stereocenters. The summed E-state index contributed by atoms with van der Waals surface area (Å²) in [5, 5.41) is 0. The minimum Gasteiger partial charge on any atom is -0.452 e. The molecule has 9 heteroatoms. The molecule has 0 N–H and O–H groups in total. The second-order valence-electron chi connectivity index (χ2n) is 7.12. The van der Waals surface area contributed by atoms with E-state index in [-0.39, 0.29) is 29.0 Å². The van der Waals surface area contributed by atoms with Gasteiger partial charge < -0.3 is 9.64 Å². The second kappa shape index (κ2) is 9.49. The Kier molecular flexibility index (Phi) is 7.56. The van der Waals surface area contributed by atoms with Gasteiger partial charge in [0.15, 0.2) is 6.61 Å². The summed E-state index contributed by atoms with van der Waals surface area (Å²) in [7, 11) is 0.324. The van der Waals surface area contributed by atoms with Crippen LogP contribution in [0.4, 0.5) is 0 Å². The maximum absolute atomic E-state index is 12.3. The van der Waals surface area contributed by atoms with Crippen molar-refractivity contribution in [3.8, 4) is 0 Å². The minimum atomic E-state index is -3.88. The zero-order valence-corrected chi connectivity index (χ0v) is 17.6. The molecule has 1 fully saturated rings. The number of carbonyl (C=O) groups excluding carboxylic acids is 2. The fourth-order valence-electron chi connectivity index (χ4n) is 3.18. The third kappa shape index (κ3) is 5.30. The molecule has 0 bridgehead atoms. The Balaban J connectivity index is 1.98. The van der Waals surface area contributed by atoms with Crippen molar-refractivity contribution in [1.82, 2.24) is 9.37 Å². The lowest BCUT2D eigenvalue weighted by molar-refractivity contribution is -0.136. The summed E-state index contributed by atoms with van der Waals surface area (Å²) < 4.78 is 30.4.